The summed E-state index contributed by atoms with van der Waals surface area (Å²) in [6, 6.07) is 14.0. The van der Waals surface area contributed by atoms with E-state index < -0.39 is 0 Å². The standard InChI is InChI=1S/C20H29N5O2/c1-3-25(17-9-5-4-6-10-17)13-8-12-22-20(21-2)24-16-19(26)23-15-18-11-7-14-27-18/h4-7,9-11,14H,3,8,12-13,15-16H2,1-2H3,(H,23,26)(H2,21,22,24). The summed E-state index contributed by atoms with van der Waals surface area (Å²) in [6.07, 6.45) is 2.55. The lowest BCUT2D eigenvalue weighted by Crippen LogP contribution is -2.43. The minimum absolute atomic E-state index is 0.115. The Morgan fingerprint density at radius 1 is 1.11 bits per heavy atom. The van der Waals surface area contributed by atoms with E-state index in [9.17, 15) is 4.79 Å². The summed E-state index contributed by atoms with van der Waals surface area (Å²) in [7, 11) is 1.69. The first-order valence-corrected chi connectivity index (χ1v) is 9.26. The van der Waals surface area contributed by atoms with Gasteiger partial charge in [0.2, 0.25) is 5.91 Å². The number of para-hydroxylation sites is 1. The number of anilines is 1. The first-order chi connectivity index (χ1) is 13.2. The first kappa shape index (κ1) is 20.4. The number of guanidine groups is 1. The van der Waals surface area contributed by atoms with Gasteiger partial charge in [-0.05, 0) is 37.6 Å². The summed E-state index contributed by atoms with van der Waals surface area (Å²) >= 11 is 0. The number of carbonyl (C=O) groups excluding carboxylic acids is 1. The van der Waals surface area contributed by atoms with Crippen molar-refractivity contribution in [3.8, 4) is 0 Å². The van der Waals surface area contributed by atoms with E-state index in [1.165, 1.54) is 5.69 Å². The van der Waals surface area contributed by atoms with Crippen LogP contribution in [0.2, 0.25) is 0 Å². The van der Waals surface area contributed by atoms with Crippen molar-refractivity contribution in [2.75, 3.05) is 38.1 Å². The summed E-state index contributed by atoms with van der Waals surface area (Å²) in [4.78, 5) is 18.3. The molecular formula is C20H29N5O2. The molecule has 0 fully saturated rings. The maximum absolute atomic E-state index is 11.9. The lowest BCUT2D eigenvalue weighted by atomic mass is 10.2. The fraction of sp³-hybridized carbons (Fsp3) is 0.400. The third-order valence-electron chi connectivity index (χ3n) is 4.08. The van der Waals surface area contributed by atoms with Crippen molar-refractivity contribution in [3.05, 3.63) is 54.5 Å². The Hall–Kier alpha value is -2.96. The highest BCUT2D eigenvalue weighted by Crippen LogP contribution is 2.12. The maximum atomic E-state index is 11.9. The van der Waals surface area contributed by atoms with Gasteiger partial charge in [-0.15, -0.1) is 0 Å². The van der Waals surface area contributed by atoms with Crippen molar-refractivity contribution in [2.45, 2.75) is 19.9 Å². The molecule has 7 heteroatoms. The largest absolute Gasteiger partial charge is 0.467 e. The molecule has 0 aliphatic rings. The molecule has 0 aliphatic carbocycles. The second kappa shape index (κ2) is 11.6. The molecule has 0 radical (unpaired) electrons. The minimum atomic E-state index is -0.115. The molecule has 3 N–H and O–H groups in total. The van der Waals surface area contributed by atoms with E-state index in [2.05, 4.69) is 57.0 Å². The molecule has 0 saturated carbocycles. The van der Waals surface area contributed by atoms with Crippen LogP contribution >= 0.6 is 0 Å². The highest BCUT2D eigenvalue weighted by Gasteiger charge is 2.06. The van der Waals surface area contributed by atoms with E-state index in [-0.39, 0.29) is 12.5 Å². The highest BCUT2D eigenvalue weighted by molar-refractivity contribution is 5.86. The van der Waals surface area contributed by atoms with Gasteiger partial charge in [0, 0.05) is 32.4 Å². The average molecular weight is 371 g/mol. The topological polar surface area (TPSA) is 81.9 Å². The van der Waals surface area contributed by atoms with Crippen LogP contribution in [0.25, 0.3) is 0 Å². The van der Waals surface area contributed by atoms with Gasteiger partial charge in [0.25, 0.3) is 0 Å². The molecule has 0 unspecified atom stereocenters. The molecule has 0 aliphatic heterocycles. The second-order valence-corrected chi connectivity index (χ2v) is 5.98. The number of rotatable bonds is 10. The molecule has 0 spiro atoms. The Balaban J connectivity index is 1.62. The van der Waals surface area contributed by atoms with Crippen molar-refractivity contribution in [1.82, 2.24) is 16.0 Å². The van der Waals surface area contributed by atoms with E-state index in [1.54, 1.807) is 19.4 Å². The van der Waals surface area contributed by atoms with Crippen LogP contribution in [0, 0.1) is 0 Å². The van der Waals surface area contributed by atoms with Gasteiger partial charge in [-0.2, -0.15) is 0 Å². The smallest absolute Gasteiger partial charge is 0.239 e. The fourth-order valence-corrected chi connectivity index (χ4v) is 2.63. The summed E-state index contributed by atoms with van der Waals surface area (Å²) in [5.41, 5.74) is 1.23. The van der Waals surface area contributed by atoms with E-state index in [1.807, 2.05) is 12.1 Å². The number of benzene rings is 1. The zero-order valence-electron chi connectivity index (χ0n) is 16.1. The molecule has 0 saturated heterocycles. The number of aliphatic imine (C=N–C) groups is 1. The van der Waals surface area contributed by atoms with Crippen LogP contribution in [0.15, 0.2) is 58.1 Å². The molecule has 0 atom stereocenters. The fourth-order valence-electron chi connectivity index (χ4n) is 2.63. The molecule has 0 bridgehead atoms. The summed E-state index contributed by atoms with van der Waals surface area (Å²) in [5.74, 6) is 1.23. The first-order valence-electron chi connectivity index (χ1n) is 9.26. The van der Waals surface area contributed by atoms with Crippen molar-refractivity contribution in [2.24, 2.45) is 4.99 Å². The molecular weight excluding hydrogens is 342 g/mol. The number of hydrogen-bond acceptors (Lipinski definition) is 4. The number of nitrogens with zero attached hydrogens (tertiary/aromatic N) is 2. The lowest BCUT2D eigenvalue weighted by molar-refractivity contribution is -0.120. The van der Waals surface area contributed by atoms with E-state index >= 15 is 0 Å². The normalized spacial score (nSPS) is 11.1. The second-order valence-electron chi connectivity index (χ2n) is 5.98. The molecule has 1 aromatic heterocycles. The van der Waals surface area contributed by atoms with Crippen LogP contribution in [0.5, 0.6) is 0 Å². The molecule has 1 amide bonds. The van der Waals surface area contributed by atoms with Gasteiger partial charge in [-0.25, -0.2) is 0 Å². The van der Waals surface area contributed by atoms with Gasteiger partial charge in [-0.1, -0.05) is 18.2 Å². The molecule has 2 rings (SSSR count). The van der Waals surface area contributed by atoms with Crippen molar-refractivity contribution in [3.63, 3.8) is 0 Å². The van der Waals surface area contributed by atoms with Gasteiger partial charge in [0.15, 0.2) is 5.96 Å². The third kappa shape index (κ3) is 7.43. The number of nitrogens with one attached hydrogen (secondary N) is 3. The highest BCUT2D eigenvalue weighted by atomic mass is 16.3. The number of hydrogen-bond donors (Lipinski definition) is 3. The number of furan rings is 1. The molecule has 1 aromatic carbocycles. The van der Waals surface area contributed by atoms with Crippen LogP contribution in [-0.2, 0) is 11.3 Å². The Bertz CT molecular complexity index is 686. The quantitative estimate of drug-likeness (QED) is 0.338. The zero-order chi connectivity index (χ0) is 19.3. The van der Waals surface area contributed by atoms with Crippen molar-refractivity contribution >= 4 is 17.6 Å². The molecule has 27 heavy (non-hydrogen) atoms. The minimum Gasteiger partial charge on any atom is -0.467 e. The van der Waals surface area contributed by atoms with Gasteiger partial charge in [-0.3, -0.25) is 9.79 Å². The number of amides is 1. The lowest BCUT2D eigenvalue weighted by Gasteiger charge is -2.23. The van der Waals surface area contributed by atoms with Crippen LogP contribution in [-0.4, -0.2) is 45.1 Å². The Kier molecular flexibility index (Phi) is 8.76. The summed E-state index contributed by atoms with van der Waals surface area (Å²) in [5, 5.41) is 9.04. The van der Waals surface area contributed by atoms with Crippen LogP contribution < -0.4 is 20.9 Å². The van der Waals surface area contributed by atoms with Crippen molar-refractivity contribution in [1.29, 1.82) is 0 Å². The molecule has 2 aromatic rings. The molecule has 146 valence electrons. The van der Waals surface area contributed by atoms with Gasteiger partial charge in [0.1, 0.15) is 5.76 Å². The van der Waals surface area contributed by atoms with Gasteiger partial charge in [0.05, 0.1) is 19.4 Å². The average Bonchev–Trinajstić information content (AvgIpc) is 3.23. The predicted molar refractivity (Wildman–Crippen MR) is 109 cm³/mol. The van der Waals surface area contributed by atoms with Crippen LogP contribution in [0.1, 0.15) is 19.1 Å². The van der Waals surface area contributed by atoms with Crippen molar-refractivity contribution < 1.29 is 9.21 Å². The van der Waals surface area contributed by atoms with Gasteiger partial charge >= 0.3 is 0 Å². The Morgan fingerprint density at radius 2 is 1.93 bits per heavy atom. The summed E-state index contributed by atoms with van der Waals surface area (Å²) < 4.78 is 5.18. The predicted octanol–water partition coefficient (Wildman–Crippen LogP) is 1.98. The Morgan fingerprint density at radius 3 is 2.59 bits per heavy atom. The van der Waals surface area contributed by atoms with Crippen LogP contribution in [0.3, 0.4) is 0 Å². The Labute approximate surface area is 160 Å². The zero-order valence-corrected chi connectivity index (χ0v) is 16.1. The third-order valence-corrected chi connectivity index (χ3v) is 4.08. The summed E-state index contributed by atoms with van der Waals surface area (Å²) in [6.45, 7) is 5.39. The molecule has 1 heterocycles. The number of carbonyl (C=O) groups is 1. The van der Waals surface area contributed by atoms with E-state index in [0.717, 1.165) is 31.8 Å². The molecule has 7 nitrogen and oxygen atoms in total. The van der Waals surface area contributed by atoms with E-state index in [4.69, 9.17) is 4.42 Å². The SMILES string of the molecule is CCN(CCCNC(=NC)NCC(=O)NCc1ccco1)c1ccccc1. The maximum Gasteiger partial charge on any atom is 0.239 e. The van der Waals surface area contributed by atoms with Gasteiger partial charge < -0.3 is 25.3 Å². The van der Waals surface area contributed by atoms with Crippen LogP contribution in [0.4, 0.5) is 5.69 Å². The van der Waals surface area contributed by atoms with E-state index in [0.29, 0.717) is 12.5 Å². The monoisotopic (exact) mass is 371 g/mol.